The molecule has 0 atom stereocenters. The van der Waals surface area contributed by atoms with Crippen LogP contribution in [-0.2, 0) is 17.1 Å². The van der Waals surface area contributed by atoms with Crippen molar-refractivity contribution in [2.24, 2.45) is 7.05 Å². The standard InChI is InChI=1S/C11H13N3O2S/c1-9-5-3-4-6-10(9)17(15,16)13-11-7-8-14(2)12-11/h3-8H,1-2H3,(H,12,13). The lowest BCUT2D eigenvalue weighted by Crippen LogP contribution is -2.14. The Morgan fingerprint density at radius 2 is 1.94 bits per heavy atom. The van der Waals surface area contributed by atoms with Gasteiger partial charge in [0.2, 0.25) is 0 Å². The quantitative estimate of drug-likeness (QED) is 0.899. The third-order valence-corrected chi connectivity index (χ3v) is 3.85. The van der Waals surface area contributed by atoms with Gasteiger partial charge < -0.3 is 0 Å². The Morgan fingerprint density at radius 3 is 2.53 bits per heavy atom. The summed E-state index contributed by atoms with van der Waals surface area (Å²) in [7, 11) is -1.83. The summed E-state index contributed by atoms with van der Waals surface area (Å²) in [4.78, 5) is 0.269. The fourth-order valence-electron chi connectivity index (χ4n) is 1.52. The first-order chi connectivity index (χ1) is 7.99. The number of nitrogens with one attached hydrogen (secondary N) is 1. The predicted molar refractivity (Wildman–Crippen MR) is 65.2 cm³/mol. The van der Waals surface area contributed by atoms with E-state index in [0.29, 0.717) is 11.4 Å². The van der Waals surface area contributed by atoms with Crippen molar-refractivity contribution in [1.29, 1.82) is 0 Å². The van der Waals surface area contributed by atoms with Crippen LogP contribution in [0.3, 0.4) is 0 Å². The van der Waals surface area contributed by atoms with Crippen molar-refractivity contribution < 1.29 is 8.42 Å². The zero-order chi connectivity index (χ0) is 12.5. The van der Waals surface area contributed by atoms with Gasteiger partial charge in [0.25, 0.3) is 10.0 Å². The molecule has 17 heavy (non-hydrogen) atoms. The van der Waals surface area contributed by atoms with Gasteiger partial charge in [-0.15, -0.1) is 0 Å². The molecule has 5 nitrogen and oxygen atoms in total. The molecule has 90 valence electrons. The molecule has 6 heteroatoms. The zero-order valence-electron chi connectivity index (χ0n) is 9.58. The Kier molecular flexibility index (Phi) is 2.89. The number of rotatable bonds is 3. The minimum absolute atomic E-state index is 0.269. The van der Waals surface area contributed by atoms with E-state index in [1.165, 1.54) is 4.68 Å². The molecule has 0 spiro atoms. The molecule has 2 aromatic rings. The fourth-order valence-corrected chi connectivity index (χ4v) is 2.76. The van der Waals surface area contributed by atoms with Crippen LogP contribution in [0.1, 0.15) is 5.56 Å². The molecule has 1 N–H and O–H groups in total. The van der Waals surface area contributed by atoms with Crippen LogP contribution >= 0.6 is 0 Å². The van der Waals surface area contributed by atoms with Crippen LogP contribution in [-0.4, -0.2) is 18.2 Å². The average Bonchev–Trinajstić information content (AvgIpc) is 2.63. The molecular formula is C11H13N3O2S. The summed E-state index contributed by atoms with van der Waals surface area (Å²) in [6, 6.07) is 8.43. The van der Waals surface area contributed by atoms with Gasteiger partial charge in [-0.2, -0.15) is 5.10 Å². The highest BCUT2D eigenvalue weighted by Gasteiger charge is 2.17. The molecule has 0 amide bonds. The van der Waals surface area contributed by atoms with E-state index in [4.69, 9.17) is 0 Å². The zero-order valence-corrected chi connectivity index (χ0v) is 10.4. The van der Waals surface area contributed by atoms with Gasteiger partial charge in [0.15, 0.2) is 5.82 Å². The first-order valence-electron chi connectivity index (χ1n) is 5.07. The van der Waals surface area contributed by atoms with Crippen molar-refractivity contribution in [3.8, 4) is 0 Å². The summed E-state index contributed by atoms with van der Waals surface area (Å²) in [6.45, 7) is 1.76. The Morgan fingerprint density at radius 1 is 1.24 bits per heavy atom. The number of anilines is 1. The van der Waals surface area contributed by atoms with Gasteiger partial charge >= 0.3 is 0 Å². The van der Waals surface area contributed by atoms with E-state index >= 15 is 0 Å². The second-order valence-electron chi connectivity index (χ2n) is 3.75. The predicted octanol–water partition coefficient (Wildman–Crippen LogP) is 1.53. The van der Waals surface area contributed by atoms with Crippen molar-refractivity contribution in [3.05, 3.63) is 42.1 Å². The highest BCUT2D eigenvalue weighted by molar-refractivity contribution is 7.92. The van der Waals surface area contributed by atoms with Crippen molar-refractivity contribution in [3.63, 3.8) is 0 Å². The van der Waals surface area contributed by atoms with Gasteiger partial charge in [0, 0.05) is 19.3 Å². The molecule has 1 aromatic carbocycles. The van der Waals surface area contributed by atoms with Crippen LogP contribution in [0.2, 0.25) is 0 Å². The monoisotopic (exact) mass is 251 g/mol. The third-order valence-electron chi connectivity index (χ3n) is 2.34. The molecule has 0 saturated carbocycles. The Labute approximate surface area is 100 Å². The van der Waals surface area contributed by atoms with Crippen molar-refractivity contribution >= 4 is 15.8 Å². The third kappa shape index (κ3) is 2.47. The fraction of sp³-hybridized carbons (Fsp3) is 0.182. The summed E-state index contributed by atoms with van der Waals surface area (Å²) in [5.41, 5.74) is 0.705. The number of hydrogen-bond acceptors (Lipinski definition) is 3. The number of aromatic nitrogens is 2. The molecule has 0 aliphatic carbocycles. The van der Waals surface area contributed by atoms with E-state index in [2.05, 4.69) is 9.82 Å². The van der Waals surface area contributed by atoms with Gasteiger partial charge in [-0.25, -0.2) is 8.42 Å². The summed E-state index contributed by atoms with van der Waals surface area (Å²) < 4.78 is 28.1. The molecule has 0 unspecified atom stereocenters. The molecule has 0 saturated heterocycles. The molecule has 2 rings (SSSR count). The van der Waals surface area contributed by atoms with Crippen LogP contribution in [0.5, 0.6) is 0 Å². The van der Waals surface area contributed by atoms with Crippen LogP contribution in [0.25, 0.3) is 0 Å². The average molecular weight is 251 g/mol. The van der Waals surface area contributed by atoms with E-state index in [1.54, 1.807) is 50.5 Å². The maximum Gasteiger partial charge on any atom is 0.263 e. The highest BCUT2D eigenvalue weighted by Crippen LogP contribution is 2.17. The van der Waals surface area contributed by atoms with Crippen LogP contribution in [0.4, 0.5) is 5.82 Å². The number of sulfonamides is 1. The van der Waals surface area contributed by atoms with E-state index in [9.17, 15) is 8.42 Å². The second-order valence-corrected chi connectivity index (χ2v) is 5.40. The summed E-state index contributed by atoms with van der Waals surface area (Å²) >= 11 is 0. The van der Waals surface area contributed by atoms with Crippen LogP contribution in [0.15, 0.2) is 41.4 Å². The Hall–Kier alpha value is -1.82. The molecule has 0 radical (unpaired) electrons. The van der Waals surface area contributed by atoms with E-state index in [-0.39, 0.29) is 4.90 Å². The lowest BCUT2D eigenvalue weighted by Gasteiger charge is -2.07. The Balaban J connectivity index is 2.35. The number of nitrogens with zero attached hydrogens (tertiary/aromatic N) is 2. The SMILES string of the molecule is Cc1ccccc1S(=O)(=O)Nc1ccn(C)n1. The van der Waals surface area contributed by atoms with Gasteiger partial charge in [-0.05, 0) is 18.6 Å². The van der Waals surface area contributed by atoms with Crippen LogP contribution in [0, 0.1) is 6.92 Å². The molecule has 0 aliphatic rings. The van der Waals surface area contributed by atoms with Gasteiger partial charge in [-0.3, -0.25) is 9.40 Å². The Bertz CT molecular complexity index is 632. The first-order valence-corrected chi connectivity index (χ1v) is 6.55. The lowest BCUT2D eigenvalue weighted by atomic mass is 10.2. The maximum atomic E-state index is 12.1. The van der Waals surface area contributed by atoms with Crippen LogP contribution < -0.4 is 4.72 Å². The molecule has 0 aliphatic heterocycles. The van der Waals surface area contributed by atoms with Gasteiger partial charge in [0.1, 0.15) is 0 Å². The number of benzene rings is 1. The highest BCUT2D eigenvalue weighted by atomic mass is 32.2. The molecule has 1 heterocycles. The lowest BCUT2D eigenvalue weighted by molar-refractivity contribution is 0.600. The minimum atomic E-state index is -3.56. The normalized spacial score (nSPS) is 11.4. The van der Waals surface area contributed by atoms with E-state index < -0.39 is 10.0 Å². The van der Waals surface area contributed by atoms with E-state index in [0.717, 1.165) is 0 Å². The molecule has 0 fully saturated rings. The summed E-state index contributed by atoms with van der Waals surface area (Å²) in [5, 5.41) is 3.98. The number of aryl methyl sites for hydroxylation is 2. The maximum absolute atomic E-state index is 12.1. The number of hydrogen-bond donors (Lipinski definition) is 1. The van der Waals surface area contributed by atoms with Crippen molar-refractivity contribution in [2.75, 3.05) is 4.72 Å². The van der Waals surface area contributed by atoms with Crippen molar-refractivity contribution in [2.45, 2.75) is 11.8 Å². The minimum Gasteiger partial charge on any atom is -0.274 e. The molecule has 0 bridgehead atoms. The largest absolute Gasteiger partial charge is 0.274 e. The van der Waals surface area contributed by atoms with Gasteiger partial charge in [0.05, 0.1) is 4.90 Å². The van der Waals surface area contributed by atoms with E-state index in [1.807, 2.05) is 0 Å². The molecular weight excluding hydrogens is 238 g/mol. The summed E-state index contributed by atoms with van der Waals surface area (Å²) in [6.07, 6.45) is 1.68. The first kappa shape index (κ1) is 11.7. The smallest absolute Gasteiger partial charge is 0.263 e. The summed E-state index contributed by atoms with van der Waals surface area (Å²) in [5.74, 6) is 0.316. The second kappa shape index (κ2) is 4.21. The molecule has 1 aromatic heterocycles. The van der Waals surface area contributed by atoms with Crippen molar-refractivity contribution in [1.82, 2.24) is 9.78 Å². The van der Waals surface area contributed by atoms with Gasteiger partial charge in [-0.1, -0.05) is 18.2 Å². The topological polar surface area (TPSA) is 64.0 Å².